The van der Waals surface area contributed by atoms with Gasteiger partial charge in [0.05, 0.1) is 0 Å². The molecule has 3 rings (SSSR count). The highest BCUT2D eigenvalue weighted by Gasteiger charge is 2.42. The number of aromatic nitrogens is 1. The topological polar surface area (TPSA) is 42.3 Å². The summed E-state index contributed by atoms with van der Waals surface area (Å²) in [5.41, 5.74) is 2.20. The van der Waals surface area contributed by atoms with Crippen LogP contribution in [0, 0.1) is 12.3 Å². The number of aryl methyl sites for hydroxylation is 1. The van der Waals surface area contributed by atoms with Crippen molar-refractivity contribution >= 4 is 5.91 Å². The van der Waals surface area contributed by atoms with Gasteiger partial charge in [-0.1, -0.05) is 44.2 Å². The van der Waals surface area contributed by atoms with Crippen molar-refractivity contribution in [1.82, 2.24) is 9.47 Å². The molecule has 1 atom stereocenters. The van der Waals surface area contributed by atoms with Gasteiger partial charge in [0.2, 0.25) is 0 Å². The van der Waals surface area contributed by atoms with Crippen molar-refractivity contribution in [3.63, 3.8) is 0 Å². The summed E-state index contributed by atoms with van der Waals surface area (Å²) in [7, 11) is 0. The summed E-state index contributed by atoms with van der Waals surface area (Å²) >= 11 is 0. The Labute approximate surface area is 149 Å². The lowest BCUT2D eigenvalue weighted by Gasteiger charge is -2.25. The normalized spacial score (nSPS) is 19.2. The predicted octanol–water partition coefficient (Wildman–Crippen LogP) is 3.44. The van der Waals surface area contributed by atoms with Crippen LogP contribution in [-0.2, 0) is 6.54 Å². The lowest BCUT2D eigenvalue weighted by atomic mass is 9.78. The van der Waals surface area contributed by atoms with Gasteiger partial charge in [-0.15, -0.1) is 0 Å². The molecule has 2 aromatic rings. The molecular formula is C21H26N2O2. The number of amides is 1. The third-order valence-electron chi connectivity index (χ3n) is 5.37. The van der Waals surface area contributed by atoms with Gasteiger partial charge in [0.1, 0.15) is 5.56 Å². The van der Waals surface area contributed by atoms with Gasteiger partial charge in [-0.25, -0.2) is 0 Å². The SMILES string of the molecule is CCn1c(C)ccc(C(=O)N2C[C@H](c3ccccc3)C(C)(C)C2)c1=O. The average molecular weight is 338 g/mol. The number of hydrogen-bond acceptors (Lipinski definition) is 2. The first-order valence-corrected chi connectivity index (χ1v) is 8.90. The van der Waals surface area contributed by atoms with E-state index in [0.717, 1.165) is 5.69 Å². The quantitative estimate of drug-likeness (QED) is 0.860. The summed E-state index contributed by atoms with van der Waals surface area (Å²) < 4.78 is 1.66. The van der Waals surface area contributed by atoms with Crippen LogP contribution < -0.4 is 5.56 Å². The molecule has 1 aliphatic heterocycles. The number of nitrogens with zero attached hydrogens (tertiary/aromatic N) is 2. The van der Waals surface area contributed by atoms with Gasteiger partial charge < -0.3 is 9.47 Å². The molecule has 0 aliphatic carbocycles. The number of hydrogen-bond donors (Lipinski definition) is 0. The van der Waals surface area contributed by atoms with Gasteiger partial charge in [-0.05, 0) is 37.0 Å². The van der Waals surface area contributed by atoms with Gasteiger partial charge in [0, 0.05) is 31.2 Å². The van der Waals surface area contributed by atoms with Gasteiger partial charge in [0.25, 0.3) is 11.5 Å². The van der Waals surface area contributed by atoms with Crippen molar-refractivity contribution in [2.75, 3.05) is 13.1 Å². The molecule has 0 bridgehead atoms. The van der Waals surface area contributed by atoms with E-state index in [2.05, 4.69) is 26.0 Å². The van der Waals surface area contributed by atoms with E-state index >= 15 is 0 Å². The van der Waals surface area contributed by atoms with E-state index in [0.29, 0.717) is 19.6 Å². The molecule has 1 aliphatic rings. The summed E-state index contributed by atoms with van der Waals surface area (Å²) in [6.07, 6.45) is 0. The molecule has 132 valence electrons. The van der Waals surface area contributed by atoms with Crippen molar-refractivity contribution in [2.45, 2.75) is 40.2 Å². The minimum absolute atomic E-state index is 0.0223. The van der Waals surface area contributed by atoms with Crippen LogP contribution in [0.5, 0.6) is 0 Å². The molecule has 0 radical (unpaired) electrons. The molecule has 0 N–H and O–H groups in total. The van der Waals surface area contributed by atoms with E-state index in [1.165, 1.54) is 5.56 Å². The zero-order chi connectivity index (χ0) is 18.2. The first-order chi connectivity index (χ1) is 11.8. The molecular weight excluding hydrogens is 312 g/mol. The minimum Gasteiger partial charge on any atom is -0.337 e. The van der Waals surface area contributed by atoms with Crippen molar-refractivity contribution < 1.29 is 4.79 Å². The zero-order valence-corrected chi connectivity index (χ0v) is 15.5. The monoisotopic (exact) mass is 338 g/mol. The Morgan fingerprint density at radius 3 is 2.48 bits per heavy atom. The highest BCUT2D eigenvalue weighted by molar-refractivity contribution is 5.94. The Morgan fingerprint density at radius 1 is 1.16 bits per heavy atom. The number of likely N-dealkylation sites (tertiary alicyclic amines) is 1. The van der Waals surface area contributed by atoms with Crippen molar-refractivity contribution in [3.05, 3.63) is 69.6 Å². The van der Waals surface area contributed by atoms with E-state index in [-0.39, 0.29) is 28.4 Å². The highest BCUT2D eigenvalue weighted by atomic mass is 16.2. The molecule has 1 fully saturated rings. The van der Waals surface area contributed by atoms with E-state index in [1.54, 1.807) is 10.6 Å². The maximum atomic E-state index is 13.0. The van der Waals surface area contributed by atoms with Crippen LogP contribution in [0.3, 0.4) is 0 Å². The third-order valence-corrected chi connectivity index (χ3v) is 5.37. The maximum absolute atomic E-state index is 13.0. The second-order valence-corrected chi connectivity index (χ2v) is 7.58. The standard InChI is InChI=1S/C21H26N2O2/c1-5-23-15(2)11-12-17(20(23)25)19(24)22-13-18(21(3,4)14-22)16-9-7-6-8-10-16/h6-12,18H,5,13-14H2,1-4H3/t18-/m1/s1. The Kier molecular flexibility index (Phi) is 4.55. The van der Waals surface area contributed by atoms with Crippen LogP contribution in [0.15, 0.2) is 47.3 Å². The maximum Gasteiger partial charge on any atom is 0.263 e. The van der Waals surface area contributed by atoms with Gasteiger partial charge in [-0.3, -0.25) is 9.59 Å². The van der Waals surface area contributed by atoms with Crippen LogP contribution in [0.25, 0.3) is 0 Å². The summed E-state index contributed by atoms with van der Waals surface area (Å²) in [5.74, 6) is 0.121. The molecule has 1 saturated heterocycles. The highest BCUT2D eigenvalue weighted by Crippen LogP contribution is 2.42. The largest absolute Gasteiger partial charge is 0.337 e. The number of pyridine rings is 1. The Morgan fingerprint density at radius 2 is 1.84 bits per heavy atom. The van der Waals surface area contributed by atoms with Crippen molar-refractivity contribution in [3.8, 4) is 0 Å². The van der Waals surface area contributed by atoms with Crippen LogP contribution >= 0.6 is 0 Å². The molecule has 4 nitrogen and oxygen atoms in total. The molecule has 0 saturated carbocycles. The molecule has 25 heavy (non-hydrogen) atoms. The fourth-order valence-electron chi connectivity index (χ4n) is 3.93. The molecule has 0 spiro atoms. The molecule has 1 amide bonds. The summed E-state index contributed by atoms with van der Waals surface area (Å²) in [5, 5.41) is 0. The second-order valence-electron chi connectivity index (χ2n) is 7.58. The number of benzene rings is 1. The zero-order valence-electron chi connectivity index (χ0n) is 15.5. The number of carbonyl (C=O) groups excluding carboxylic acids is 1. The first kappa shape index (κ1) is 17.5. The summed E-state index contributed by atoms with van der Waals surface area (Å²) in [6, 6.07) is 13.9. The van der Waals surface area contributed by atoms with Crippen LogP contribution in [0.1, 0.15) is 48.3 Å². The second kappa shape index (κ2) is 6.51. The smallest absolute Gasteiger partial charge is 0.263 e. The van der Waals surface area contributed by atoms with E-state index in [9.17, 15) is 9.59 Å². The molecule has 0 unspecified atom stereocenters. The van der Waals surface area contributed by atoms with E-state index < -0.39 is 0 Å². The summed E-state index contributed by atoms with van der Waals surface area (Å²) in [6.45, 7) is 10.1. The predicted molar refractivity (Wildman–Crippen MR) is 100.0 cm³/mol. The minimum atomic E-state index is -0.187. The lowest BCUT2D eigenvalue weighted by Crippen LogP contribution is -2.36. The molecule has 1 aromatic heterocycles. The van der Waals surface area contributed by atoms with Crippen LogP contribution in [-0.4, -0.2) is 28.5 Å². The lowest BCUT2D eigenvalue weighted by molar-refractivity contribution is 0.0775. The molecule has 4 heteroatoms. The Hall–Kier alpha value is -2.36. The van der Waals surface area contributed by atoms with Crippen LogP contribution in [0.2, 0.25) is 0 Å². The van der Waals surface area contributed by atoms with Gasteiger partial charge in [0.15, 0.2) is 0 Å². The number of carbonyl (C=O) groups is 1. The van der Waals surface area contributed by atoms with Gasteiger partial charge >= 0.3 is 0 Å². The van der Waals surface area contributed by atoms with E-state index in [4.69, 9.17) is 0 Å². The Balaban J connectivity index is 1.91. The van der Waals surface area contributed by atoms with Gasteiger partial charge in [-0.2, -0.15) is 0 Å². The van der Waals surface area contributed by atoms with Crippen molar-refractivity contribution in [1.29, 1.82) is 0 Å². The average Bonchev–Trinajstić information content (AvgIpc) is 2.91. The first-order valence-electron chi connectivity index (χ1n) is 8.90. The Bertz CT molecular complexity index is 837. The fraction of sp³-hybridized carbons (Fsp3) is 0.429. The summed E-state index contributed by atoms with van der Waals surface area (Å²) in [4.78, 5) is 27.5. The fourth-order valence-corrected chi connectivity index (χ4v) is 3.93. The number of rotatable bonds is 3. The van der Waals surface area contributed by atoms with Crippen LogP contribution in [0.4, 0.5) is 0 Å². The molecule has 2 heterocycles. The molecule has 1 aromatic carbocycles. The third kappa shape index (κ3) is 3.13. The van der Waals surface area contributed by atoms with E-state index in [1.807, 2.05) is 43.0 Å². The van der Waals surface area contributed by atoms with Crippen molar-refractivity contribution in [2.24, 2.45) is 5.41 Å².